The molecule has 0 aliphatic heterocycles. The van der Waals surface area contributed by atoms with E-state index in [-0.39, 0.29) is 11.7 Å². The zero-order valence-electron chi connectivity index (χ0n) is 12.1. The number of carbonyl (C=O) groups excluding carboxylic acids is 1. The number of aryl methyl sites for hydroxylation is 1. The zero-order chi connectivity index (χ0) is 15.2. The third-order valence-corrected chi connectivity index (χ3v) is 3.05. The number of halogens is 1. The summed E-state index contributed by atoms with van der Waals surface area (Å²) in [5, 5.41) is 5.95. The van der Waals surface area contributed by atoms with Crippen molar-refractivity contribution in [2.75, 3.05) is 17.2 Å². The fourth-order valence-electron chi connectivity index (χ4n) is 1.91. The number of anilines is 2. The molecule has 21 heavy (non-hydrogen) atoms. The number of aromatic nitrogens is 1. The maximum atomic E-state index is 13.2. The van der Waals surface area contributed by atoms with Gasteiger partial charge < -0.3 is 10.6 Å². The number of hydrogen-bond donors (Lipinski definition) is 2. The molecule has 0 aliphatic carbocycles. The van der Waals surface area contributed by atoms with Crippen LogP contribution in [0.25, 0.3) is 0 Å². The van der Waals surface area contributed by atoms with E-state index >= 15 is 0 Å². The molecule has 0 bridgehead atoms. The fraction of sp³-hybridized carbons (Fsp3) is 0.250. The van der Waals surface area contributed by atoms with Crippen LogP contribution in [0, 0.1) is 12.7 Å². The topological polar surface area (TPSA) is 54.0 Å². The molecule has 0 fully saturated rings. The van der Waals surface area contributed by atoms with Crippen LogP contribution in [-0.2, 0) is 0 Å². The van der Waals surface area contributed by atoms with Gasteiger partial charge in [0, 0.05) is 24.6 Å². The number of hydrogen-bond acceptors (Lipinski definition) is 3. The molecular weight excluding hydrogens is 269 g/mol. The Balaban J connectivity index is 2.18. The highest BCUT2D eigenvalue weighted by atomic mass is 19.1. The fourth-order valence-corrected chi connectivity index (χ4v) is 1.91. The van der Waals surface area contributed by atoms with Crippen molar-refractivity contribution in [1.82, 2.24) is 4.98 Å². The van der Waals surface area contributed by atoms with Crippen LogP contribution in [0.2, 0.25) is 0 Å². The summed E-state index contributed by atoms with van der Waals surface area (Å²) >= 11 is 0. The number of benzene rings is 1. The number of nitrogens with one attached hydrogen (secondary N) is 2. The first-order valence-electron chi connectivity index (χ1n) is 6.87. The van der Waals surface area contributed by atoms with Crippen molar-refractivity contribution in [2.24, 2.45) is 0 Å². The third-order valence-electron chi connectivity index (χ3n) is 3.05. The molecule has 2 N–H and O–H groups in total. The second-order valence-electron chi connectivity index (χ2n) is 4.77. The first-order chi connectivity index (χ1) is 10.1. The molecule has 2 aromatic rings. The minimum absolute atomic E-state index is 0.271. The van der Waals surface area contributed by atoms with Gasteiger partial charge in [-0.05, 0) is 43.2 Å². The summed E-state index contributed by atoms with van der Waals surface area (Å²) in [6.45, 7) is 4.48. The molecule has 1 aromatic heterocycles. The summed E-state index contributed by atoms with van der Waals surface area (Å²) in [7, 11) is 0. The van der Waals surface area contributed by atoms with Gasteiger partial charge in [-0.3, -0.25) is 9.78 Å². The van der Waals surface area contributed by atoms with E-state index in [1.807, 2.05) is 0 Å². The van der Waals surface area contributed by atoms with Crippen LogP contribution in [0.1, 0.15) is 29.3 Å². The molecule has 0 atom stereocenters. The number of amides is 1. The molecule has 0 radical (unpaired) electrons. The molecule has 2 rings (SSSR count). The Morgan fingerprint density at radius 2 is 2.14 bits per heavy atom. The lowest BCUT2D eigenvalue weighted by Crippen LogP contribution is -2.15. The summed E-state index contributed by atoms with van der Waals surface area (Å²) in [6.07, 6.45) is 4.11. The van der Waals surface area contributed by atoms with Gasteiger partial charge in [-0.1, -0.05) is 6.92 Å². The average molecular weight is 287 g/mol. The summed E-state index contributed by atoms with van der Waals surface area (Å²) in [5.74, 6) is -0.563. The molecule has 0 saturated heterocycles. The molecule has 0 spiro atoms. The number of nitrogens with zero attached hydrogens (tertiary/aromatic N) is 1. The van der Waals surface area contributed by atoms with E-state index in [0.29, 0.717) is 16.8 Å². The Morgan fingerprint density at radius 1 is 1.33 bits per heavy atom. The van der Waals surface area contributed by atoms with Crippen LogP contribution >= 0.6 is 0 Å². The van der Waals surface area contributed by atoms with Crippen LogP contribution < -0.4 is 10.6 Å². The minimum Gasteiger partial charge on any atom is -0.384 e. The van der Waals surface area contributed by atoms with Crippen molar-refractivity contribution >= 4 is 17.3 Å². The minimum atomic E-state index is -0.292. The van der Waals surface area contributed by atoms with Gasteiger partial charge >= 0.3 is 0 Å². The SMILES string of the molecule is CCCNc1ccncc1C(=O)Nc1ccc(F)c(C)c1. The van der Waals surface area contributed by atoms with Crippen molar-refractivity contribution in [3.05, 3.63) is 53.6 Å². The third kappa shape index (κ3) is 3.78. The van der Waals surface area contributed by atoms with Crippen LogP contribution in [0.15, 0.2) is 36.7 Å². The molecule has 4 nitrogen and oxygen atoms in total. The van der Waals surface area contributed by atoms with Gasteiger partial charge in [0.1, 0.15) is 5.82 Å². The van der Waals surface area contributed by atoms with Crippen LogP contribution in [0.5, 0.6) is 0 Å². The smallest absolute Gasteiger partial charge is 0.259 e. The van der Waals surface area contributed by atoms with Crippen molar-refractivity contribution in [1.29, 1.82) is 0 Å². The van der Waals surface area contributed by atoms with Crippen LogP contribution in [-0.4, -0.2) is 17.4 Å². The van der Waals surface area contributed by atoms with E-state index in [1.54, 1.807) is 25.3 Å². The normalized spacial score (nSPS) is 10.2. The maximum Gasteiger partial charge on any atom is 0.259 e. The van der Waals surface area contributed by atoms with Crippen molar-refractivity contribution < 1.29 is 9.18 Å². The molecule has 0 unspecified atom stereocenters. The standard InChI is InChI=1S/C16H18FN3O/c1-3-7-19-15-6-8-18-10-13(15)16(21)20-12-4-5-14(17)11(2)9-12/h4-6,8-10H,3,7H2,1-2H3,(H,18,19)(H,20,21). The highest BCUT2D eigenvalue weighted by Crippen LogP contribution is 2.18. The molecule has 1 amide bonds. The molecule has 0 saturated carbocycles. The van der Waals surface area contributed by atoms with E-state index in [4.69, 9.17) is 0 Å². The summed E-state index contributed by atoms with van der Waals surface area (Å²) < 4.78 is 13.2. The lowest BCUT2D eigenvalue weighted by Gasteiger charge is -2.11. The van der Waals surface area contributed by atoms with Gasteiger partial charge in [0.15, 0.2) is 0 Å². The van der Waals surface area contributed by atoms with Gasteiger partial charge in [-0.2, -0.15) is 0 Å². The summed E-state index contributed by atoms with van der Waals surface area (Å²) in [5.41, 5.74) is 2.25. The van der Waals surface area contributed by atoms with Crippen LogP contribution in [0.3, 0.4) is 0 Å². The largest absolute Gasteiger partial charge is 0.384 e. The maximum absolute atomic E-state index is 13.2. The van der Waals surface area contributed by atoms with Crippen molar-refractivity contribution in [3.63, 3.8) is 0 Å². The van der Waals surface area contributed by atoms with Gasteiger partial charge in [0.2, 0.25) is 0 Å². The van der Waals surface area contributed by atoms with E-state index in [1.165, 1.54) is 18.3 Å². The molecular formula is C16H18FN3O. The number of carbonyl (C=O) groups is 1. The highest BCUT2D eigenvalue weighted by Gasteiger charge is 2.12. The lowest BCUT2D eigenvalue weighted by molar-refractivity contribution is 0.102. The quantitative estimate of drug-likeness (QED) is 0.883. The van der Waals surface area contributed by atoms with Gasteiger partial charge in [0.25, 0.3) is 5.91 Å². The Hall–Kier alpha value is -2.43. The Kier molecular flexibility index (Phi) is 4.87. The summed E-state index contributed by atoms with van der Waals surface area (Å²) in [4.78, 5) is 16.3. The predicted octanol–water partition coefficient (Wildman–Crippen LogP) is 3.60. The molecule has 0 aliphatic rings. The Morgan fingerprint density at radius 3 is 2.86 bits per heavy atom. The number of rotatable bonds is 5. The average Bonchev–Trinajstić information content (AvgIpc) is 2.49. The van der Waals surface area contributed by atoms with E-state index < -0.39 is 0 Å². The van der Waals surface area contributed by atoms with E-state index in [9.17, 15) is 9.18 Å². The lowest BCUT2D eigenvalue weighted by atomic mass is 10.2. The van der Waals surface area contributed by atoms with Crippen molar-refractivity contribution in [2.45, 2.75) is 20.3 Å². The van der Waals surface area contributed by atoms with Gasteiger partial charge in [-0.15, -0.1) is 0 Å². The molecule has 1 aromatic carbocycles. The molecule has 5 heteroatoms. The second-order valence-corrected chi connectivity index (χ2v) is 4.77. The monoisotopic (exact) mass is 287 g/mol. The Bertz CT molecular complexity index is 643. The zero-order valence-corrected chi connectivity index (χ0v) is 12.1. The highest BCUT2D eigenvalue weighted by molar-refractivity contribution is 6.07. The molecule has 110 valence electrons. The first kappa shape index (κ1) is 15.0. The van der Waals surface area contributed by atoms with E-state index in [0.717, 1.165) is 18.7 Å². The second kappa shape index (κ2) is 6.83. The summed E-state index contributed by atoms with van der Waals surface area (Å²) in [6, 6.07) is 6.24. The van der Waals surface area contributed by atoms with Gasteiger partial charge in [-0.25, -0.2) is 4.39 Å². The predicted molar refractivity (Wildman–Crippen MR) is 82.1 cm³/mol. The number of pyridine rings is 1. The van der Waals surface area contributed by atoms with Crippen molar-refractivity contribution in [3.8, 4) is 0 Å². The van der Waals surface area contributed by atoms with Gasteiger partial charge in [0.05, 0.1) is 11.3 Å². The molecule has 1 heterocycles. The Labute approximate surface area is 123 Å². The van der Waals surface area contributed by atoms with Crippen LogP contribution in [0.4, 0.5) is 15.8 Å². The first-order valence-corrected chi connectivity index (χ1v) is 6.87. The van der Waals surface area contributed by atoms with E-state index in [2.05, 4.69) is 22.5 Å².